The van der Waals surface area contributed by atoms with Gasteiger partial charge in [0.2, 0.25) is 11.8 Å². The molecule has 2 heterocycles. The van der Waals surface area contributed by atoms with Crippen molar-refractivity contribution in [1.82, 2.24) is 20.2 Å². The number of aromatic nitrogens is 2. The number of nitrogens with one attached hydrogen (secondary N) is 1. The number of halogens is 1. The Balaban J connectivity index is 1.94. The number of carbonyl (C=O) groups is 2. The molecule has 0 radical (unpaired) electrons. The van der Waals surface area contributed by atoms with Gasteiger partial charge in [0.15, 0.2) is 5.16 Å². The third kappa shape index (κ3) is 6.84. The van der Waals surface area contributed by atoms with Gasteiger partial charge in [-0.05, 0) is 19.3 Å². The fraction of sp³-hybridized carbons (Fsp3) is 0.667. The van der Waals surface area contributed by atoms with Gasteiger partial charge < -0.3 is 15.1 Å². The number of rotatable bonds is 7. The highest BCUT2D eigenvalue weighted by molar-refractivity contribution is 7.99. The van der Waals surface area contributed by atoms with E-state index in [0.29, 0.717) is 42.4 Å². The third-order valence-corrected chi connectivity index (χ3v) is 5.43. The van der Waals surface area contributed by atoms with Crippen LogP contribution >= 0.6 is 23.4 Å². The van der Waals surface area contributed by atoms with E-state index in [0.717, 1.165) is 12.2 Å². The molecule has 0 aliphatic carbocycles. The molecule has 1 aromatic heterocycles. The summed E-state index contributed by atoms with van der Waals surface area (Å²) < 4.78 is 0. The number of hydrogen-bond donors (Lipinski definition) is 1. The van der Waals surface area contributed by atoms with Crippen LogP contribution in [0, 0.1) is 5.92 Å². The van der Waals surface area contributed by atoms with Gasteiger partial charge in [0, 0.05) is 45.2 Å². The van der Waals surface area contributed by atoms with E-state index in [1.807, 2.05) is 11.8 Å². The molecule has 1 aliphatic rings. The molecule has 0 saturated carbocycles. The number of nitrogens with zero attached hydrogens (tertiary/aromatic N) is 4. The Morgan fingerprint density at radius 3 is 2.74 bits per heavy atom. The molecule has 9 heteroatoms. The number of thioether (sulfide) groups is 1. The highest BCUT2D eigenvalue weighted by Gasteiger charge is 2.26. The highest BCUT2D eigenvalue weighted by Crippen LogP contribution is 2.24. The van der Waals surface area contributed by atoms with E-state index in [9.17, 15) is 9.59 Å². The van der Waals surface area contributed by atoms with E-state index in [-0.39, 0.29) is 23.6 Å². The first kappa shape index (κ1) is 21.8. The second-order valence-corrected chi connectivity index (χ2v) is 8.49. The average Bonchev–Trinajstić information content (AvgIpc) is 2.58. The van der Waals surface area contributed by atoms with E-state index < -0.39 is 0 Å². The van der Waals surface area contributed by atoms with Crippen LogP contribution in [0.1, 0.15) is 34.1 Å². The van der Waals surface area contributed by atoms with Crippen molar-refractivity contribution >= 4 is 41.0 Å². The number of anilines is 1. The SMILES string of the molecule is CC(=O)N1CCN(c2cc(Cl)nc(SCC(=O)NCCC(C)C)n2)C[C@@H]1C. The molecule has 150 valence electrons. The summed E-state index contributed by atoms with van der Waals surface area (Å²) >= 11 is 7.44. The molecule has 2 amide bonds. The van der Waals surface area contributed by atoms with Crippen LogP contribution < -0.4 is 10.2 Å². The van der Waals surface area contributed by atoms with Crippen LogP contribution in [0.15, 0.2) is 11.2 Å². The number of hydrogen-bond acceptors (Lipinski definition) is 6. The van der Waals surface area contributed by atoms with E-state index in [4.69, 9.17) is 11.6 Å². The van der Waals surface area contributed by atoms with E-state index >= 15 is 0 Å². The Kier molecular flexibility index (Phi) is 8.16. The van der Waals surface area contributed by atoms with Gasteiger partial charge in [-0.2, -0.15) is 0 Å². The van der Waals surface area contributed by atoms with Crippen LogP contribution in [0.4, 0.5) is 5.82 Å². The Morgan fingerprint density at radius 2 is 2.11 bits per heavy atom. The molecule has 7 nitrogen and oxygen atoms in total. The van der Waals surface area contributed by atoms with Gasteiger partial charge in [-0.25, -0.2) is 9.97 Å². The molecule has 1 fully saturated rings. The maximum absolute atomic E-state index is 11.9. The molecule has 0 bridgehead atoms. The first-order chi connectivity index (χ1) is 12.8. The fourth-order valence-electron chi connectivity index (χ4n) is 2.93. The first-order valence-electron chi connectivity index (χ1n) is 9.22. The Labute approximate surface area is 170 Å². The van der Waals surface area contributed by atoms with Crippen molar-refractivity contribution < 1.29 is 9.59 Å². The van der Waals surface area contributed by atoms with Crippen LogP contribution in [-0.2, 0) is 9.59 Å². The normalized spacial score (nSPS) is 17.3. The Morgan fingerprint density at radius 1 is 1.37 bits per heavy atom. The lowest BCUT2D eigenvalue weighted by atomic mass is 10.1. The second-order valence-electron chi connectivity index (χ2n) is 7.16. The van der Waals surface area contributed by atoms with Crippen molar-refractivity contribution in [3.63, 3.8) is 0 Å². The van der Waals surface area contributed by atoms with Crippen LogP contribution in [-0.4, -0.2) is 64.7 Å². The average molecular weight is 414 g/mol. The van der Waals surface area contributed by atoms with Gasteiger partial charge in [-0.15, -0.1) is 0 Å². The lowest BCUT2D eigenvalue weighted by Gasteiger charge is -2.40. The van der Waals surface area contributed by atoms with Crippen molar-refractivity contribution in [3.05, 3.63) is 11.2 Å². The zero-order valence-electron chi connectivity index (χ0n) is 16.4. The predicted octanol–water partition coefficient (Wildman–Crippen LogP) is 2.44. The van der Waals surface area contributed by atoms with Gasteiger partial charge in [-0.1, -0.05) is 37.2 Å². The number of amides is 2. The molecule has 1 saturated heterocycles. The topological polar surface area (TPSA) is 78.4 Å². The summed E-state index contributed by atoms with van der Waals surface area (Å²) in [6, 6.07) is 1.83. The fourth-order valence-corrected chi connectivity index (χ4v) is 3.84. The van der Waals surface area contributed by atoms with Crippen LogP contribution in [0.3, 0.4) is 0 Å². The minimum atomic E-state index is -0.0329. The lowest BCUT2D eigenvalue weighted by Crippen LogP contribution is -2.53. The molecular weight excluding hydrogens is 386 g/mol. The van der Waals surface area contributed by atoms with Crippen molar-refractivity contribution in [2.75, 3.05) is 36.8 Å². The minimum absolute atomic E-state index is 0.0329. The molecule has 2 rings (SSSR count). The van der Waals surface area contributed by atoms with Crippen LogP contribution in [0.2, 0.25) is 5.15 Å². The summed E-state index contributed by atoms with van der Waals surface area (Å²) in [6.07, 6.45) is 0.957. The van der Waals surface area contributed by atoms with E-state index in [2.05, 4.69) is 34.0 Å². The molecule has 0 spiro atoms. The van der Waals surface area contributed by atoms with Gasteiger partial charge in [0.05, 0.1) is 5.75 Å². The molecule has 1 N–H and O–H groups in total. The van der Waals surface area contributed by atoms with Gasteiger partial charge >= 0.3 is 0 Å². The predicted molar refractivity (Wildman–Crippen MR) is 109 cm³/mol. The van der Waals surface area contributed by atoms with Crippen LogP contribution in [0.25, 0.3) is 0 Å². The van der Waals surface area contributed by atoms with Gasteiger partial charge in [0.1, 0.15) is 11.0 Å². The molecule has 1 atom stereocenters. The summed E-state index contributed by atoms with van der Waals surface area (Å²) in [5, 5.41) is 3.74. The van der Waals surface area contributed by atoms with Crippen molar-refractivity contribution in [1.29, 1.82) is 0 Å². The van der Waals surface area contributed by atoms with Gasteiger partial charge in [0.25, 0.3) is 0 Å². The quantitative estimate of drug-likeness (QED) is 0.420. The standard InChI is InChI=1S/C18H28ClN5O2S/c1-12(2)5-6-20-17(26)11-27-18-21-15(19)9-16(22-18)23-7-8-24(14(4)25)13(3)10-23/h9,12-13H,5-8,10-11H2,1-4H3,(H,20,26)/t13-/m0/s1. The van der Waals surface area contributed by atoms with Crippen molar-refractivity contribution in [3.8, 4) is 0 Å². The van der Waals surface area contributed by atoms with Gasteiger partial charge in [-0.3, -0.25) is 9.59 Å². The Hall–Kier alpha value is -1.54. The zero-order chi connectivity index (χ0) is 20.0. The molecule has 1 aliphatic heterocycles. The number of carbonyl (C=O) groups excluding carboxylic acids is 2. The maximum Gasteiger partial charge on any atom is 0.230 e. The zero-order valence-corrected chi connectivity index (χ0v) is 17.9. The molecule has 1 aromatic rings. The number of piperazine rings is 1. The largest absolute Gasteiger partial charge is 0.355 e. The molecule has 27 heavy (non-hydrogen) atoms. The highest BCUT2D eigenvalue weighted by atomic mass is 35.5. The minimum Gasteiger partial charge on any atom is -0.355 e. The lowest BCUT2D eigenvalue weighted by molar-refractivity contribution is -0.131. The second kappa shape index (κ2) is 10.1. The van der Waals surface area contributed by atoms with Crippen molar-refractivity contribution in [2.24, 2.45) is 5.92 Å². The molecule has 0 unspecified atom stereocenters. The summed E-state index contributed by atoms with van der Waals surface area (Å²) in [7, 11) is 0. The van der Waals surface area contributed by atoms with Crippen LogP contribution in [0.5, 0.6) is 0 Å². The van der Waals surface area contributed by atoms with E-state index in [1.165, 1.54) is 11.8 Å². The summed E-state index contributed by atoms with van der Waals surface area (Å²) in [5.74, 6) is 1.60. The summed E-state index contributed by atoms with van der Waals surface area (Å²) in [6.45, 7) is 10.6. The summed E-state index contributed by atoms with van der Waals surface area (Å²) in [4.78, 5) is 36.3. The first-order valence-corrected chi connectivity index (χ1v) is 10.6. The summed E-state index contributed by atoms with van der Waals surface area (Å²) in [5.41, 5.74) is 0. The monoisotopic (exact) mass is 413 g/mol. The van der Waals surface area contributed by atoms with E-state index in [1.54, 1.807) is 13.0 Å². The third-order valence-electron chi connectivity index (χ3n) is 4.39. The molecular formula is C18H28ClN5O2S. The smallest absolute Gasteiger partial charge is 0.230 e. The Bertz CT molecular complexity index is 673. The van der Waals surface area contributed by atoms with Crippen molar-refractivity contribution in [2.45, 2.75) is 45.3 Å². The maximum atomic E-state index is 11.9. The molecule has 0 aromatic carbocycles.